The van der Waals surface area contributed by atoms with Crippen molar-refractivity contribution in [1.82, 2.24) is 0 Å². The van der Waals surface area contributed by atoms with E-state index in [-0.39, 0.29) is 23.1 Å². The summed E-state index contributed by atoms with van der Waals surface area (Å²) in [6, 6.07) is 20.9. The van der Waals surface area contributed by atoms with Gasteiger partial charge in [0.2, 0.25) is 0 Å². The first kappa shape index (κ1) is 33.5. The monoisotopic (exact) mass is 630 g/mol. The number of rotatable bonds is 14. The second-order valence-electron chi connectivity index (χ2n) is 10.9. The Morgan fingerprint density at radius 3 is 1.27 bits per heavy atom. The number of benzene rings is 4. The molecule has 0 fully saturated rings. The fourth-order valence-electron chi connectivity index (χ4n) is 5.05. The van der Waals surface area contributed by atoms with Gasteiger partial charge in [-0.25, -0.2) is 4.57 Å². The molecule has 8 nitrogen and oxygen atoms in total. The number of carbonyl (C=O) groups is 2. The minimum Gasteiger partial charge on any atom is -0.497 e. The third-order valence-electron chi connectivity index (χ3n) is 8.19. The van der Waals surface area contributed by atoms with Crippen molar-refractivity contribution in [3.8, 4) is 23.0 Å². The van der Waals surface area contributed by atoms with Crippen LogP contribution in [0.25, 0.3) is 0 Å². The number of phosphoric acid groups is 1. The van der Waals surface area contributed by atoms with E-state index in [1.807, 2.05) is 13.8 Å². The molecule has 236 valence electrons. The second-order valence-corrected chi connectivity index (χ2v) is 12.2. The maximum absolute atomic E-state index is 13.1. The van der Waals surface area contributed by atoms with Gasteiger partial charge in [-0.2, -0.15) is 0 Å². The van der Waals surface area contributed by atoms with E-state index in [2.05, 4.69) is 0 Å². The summed E-state index contributed by atoms with van der Waals surface area (Å²) in [7, 11) is -1.39. The number of Topliss-reactive ketones (excluding diaryl/α,β-unsaturated/α-hetero) is 2. The van der Waals surface area contributed by atoms with Crippen LogP contribution in [0.3, 0.4) is 0 Å². The molecule has 0 aromatic heterocycles. The molecule has 45 heavy (non-hydrogen) atoms. The summed E-state index contributed by atoms with van der Waals surface area (Å²) in [5.74, 6) is 1.87. The van der Waals surface area contributed by atoms with Gasteiger partial charge >= 0.3 is 7.82 Å². The zero-order chi connectivity index (χ0) is 32.7. The average molecular weight is 631 g/mol. The molecular formula is C36H39O8P. The van der Waals surface area contributed by atoms with Crippen molar-refractivity contribution in [2.75, 3.05) is 14.2 Å². The lowest BCUT2D eigenvalue weighted by molar-refractivity contribution is 0.0975. The first-order valence-corrected chi connectivity index (χ1v) is 16.2. The fourth-order valence-corrected chi connectivity index (χ4v) is 5.98. The Kier molecular flexibility index (Phi) is 10.9. The number of ketones is 2. The molecule has 1 N–H and O–H groups in total. The largest absolute Gasteiger partial charge is 0.584 e. The van der Waals surface area contributed by atoms with Gasteiger partial charge in [0.15, 0.2) is 11.6 Å². The Labute approximate surface area is 264 Å². The summed E-state index contributed by atoms with van der Waals surface area (Å²) in [5.41, 5.74) is 6.24. The summed E-state index contributed by atoms with van der Waals surface area (Å²) in [4.78, 5) is 36.1. The topological polar surface area (TPSA) is 108 Å². The minimum atomic E-state index is -4.54. The molecule has 0 aliphatic rings. The highest BCUT2D eigenvalue weighted by Gasteiger charge is 2.28. The van der Waals surface area contributed by atoms with Gasteiger partial charge in [0, 0.05) is 24.0 Å². The van der Waals surface area contributed by atoms with Gasteiger partial charge in [0.1, 0.15) is 23.0 Å². The first-order chi connectivity index (χ1) is 21.4. The van der Waals surface area contributed by atoms with Crippen molar-refractivity contribution >= 4 is 19.4 Å². The molecule has 4 rings (SSSR count). The maximum atomic E-state index is 13.1. The molecular weight excluding hydrogens is 591 g/mol. The predicted octanol–water partition coefficient (Wildman–Crippen LogP) is 8.13. The number of hydrogen-bond acceptors (Lipinski definition) is 7. The molecule has 4 aromatic rings. The molecule has 4 aromatic carbocycles. The van der Waals surface area contributed by atoms with E-state index >= 15 is 0 Å². The molecule has 0 aliphatic carbocycles. The lowest BCUT2D eigenvalue weighted by atomic mass is 9.96. The van der Waals surface area contributed by atoms with Crippen LogP contribution in [0, 0.1) is 27.7 Å². The molecule has 0 saturated heterocycles. The van der Waals surface area contributed by atoms with Crippen LogP contribution < -0.4 is 18.5 Å². The standard InChI is InChI=1S/C36H39O8P/c1-23-25(3)35(21-13-27(23)11-19-33(37)29-7-15-31(41-5)16-8-29)43-45(39,40)44-36-22-14-28(24(2)26(36)4)12-20-34(38)30-9-17-32(42-6)18-10-30/h7-10,13-18,21-22H,11-12,19-20H2,1-6H3,(H,39,40). The van der Waals surface area contributed by atoms with Crippen molar-refractivity contribution in [2.45, 2.75) is 53.4 Å². The summed E-state index contributed by atoms with van der Waals surface area (Å²) in [6.07, 6.45) is 1.67. The van der Waals surface area contributed by atoms with Crippen LogP contribution in [0.4, 0.5) is 0 Å². The summed E-state index contributed by atoms with van der Waals surface area (Å²) in [5, 5.41) is 0. The third-order valence-corrected chi connectivity index (χ3v) is 9.05. The van der Waals surface area contributed by atoms with Gasteiger partial charge < -0.3 is 18.5 Å². The number of hydrogen-bond donors (Lipinski definition) is 1. The van der Waals surface area contributed by atoms with Gasteiger partial charge in [-0.05, 0) is 135 Å². The van der Waals surface area contributed by atoms with E-state index in [0.29, 0.717) is 59.4 Å². The summed E-state index contributed by atoms with van der Waals surface area (Å²) >= 11 is 0. The summed E-state index contributed by atoms with van der Waals surface area (Å²) in [6.45, 7) is 7.39. The quantitative estimate of drug-likeness (QED) is 0.110. The zero-order valence-corrected chi connectivity index (χ0v) is 27.4. The highest BCUT2D eigenvalue weighted by Crippen LogP contribution is 2.47. The molecule has 9 heteroatoms. The van der Waals surface area contributed by atoms with Gasteiger partial charge in [-0.15, -0.1) is 0 Å². The lowest BCUT2D eigenvalue weighted by Crippen LogP contribution is -2.06. The van der Waals surface area contributed by atoms with E-state index in [1.165, 1.54) is 0 Å². The smallest absolute Gasteiger partial charge is 0.497 e. The van der Waals surface area contributed by atoms with Crippen LogP contribution in [0.2, 0.25) is 0 Å². The highest BCUT2D eigenvalue weighted by atomic mass is 31.2. The molecule has 0 spiro atoms. The molecule has 0 heterocycles. The van der Waals surface area contributed by atoms with Crippen LogP contribution in [0.5, 0.6) is 23.0 Å². The van der Waals surface area contributed by atoms with Crippen LogP contribution in [0.15, 0.2) is 72.8 Å². The Morgan fingerprint density at radius 2 is 0.933 bits per heavy atom. The maximum Gasteiger partial charge on any atom is 0.584 e. The molecule has 0 bridgehead atoms. The van der Waals surface area contributed by atoms with Crippen molar-refractivity contribution in [2.24, 2.45) is 0 Å². The Balaban J connectivity index is 1.38. The van der Waals surface area contributed by atoms with Crippen LogP contribution >= 0.6 is 7.82 Å². The van der Waals surface area contributed by atoms with Crippen molar-refractivity contribution in [3.05, 3.63) is 117 Å². The molecule has 0 unspecified atom stereocenters. The van der Waals surface area contributed by atoms with Crippen molar-refractivity contribution in [3.63, 3.8) is 0 Å². The number of aryl methyl sites for hydroxylation is 2. The van der Waals surface area contributed by atoms with Crippen molar-refractivity contribution < 1.29 is 37.6 Å². The molecule has 0 radical (unpaired) electrons. The molecule has 0 atom stereocenters. The summed E-state index contributed by atoms with van der Waals surface area (Å²) < 4.78 is 34.4. The number of methoxy groups -OCH3 is 2. The van der Waals surface area contributed by atoms with E-state index in [0.717, 1.165) is 22.3 Å². The van der Waals surface area contributed by atoms with Gasteiger partial charge in [0.05, 0.1) is 14.2 Å². The Bertz CT molecular complexity index is 1600. The fraction of sp³-hybridized carbons (Fsp3) is 0.278. The number of phosphoric ester groups is 1. The lowest BCUT2D eigenvalue weighted by Gasteiger charge is -2.19. The number of carbonyl (C=O) groups excluding carboxylic acids is 2. The van der Waals surface area contributed by atoms with Crippen molar-refractivity contribution in [1.29, 1.82) is 0 Å². The normalized spacial score (nSPS) is 11.2. The first-order valence-electron chi connectivity index (χ1n) is 14.7. The van der Waals surface area contributed by atoms with Gasteiger partial charge in [-0.3, -0.25) is 14.5 Å². The van der Waals surface area contributed by atoms with Crippen LogP contribution in [0.1, 0.15) is 66.9 Å². The Morgan fingerprint density at radius 1 is 0.578 bits per heavy atom. The van der Waals surface area contributed by atoms with Crippen LogP contribution in [-0.4, -0.2) is 30.7 Å². The van der Waals surface area contributed by atoms with E-state index in [1.54, 1.807) is 101 Å². The third kappa shape index (κ3) is 8.41. The second kappa shape index (κ2) is 14.6. The predicted molar refractivity (Wildman–Crippen MR) is 174 cm³/mol. The molecule has 0 aliphatic heterocycles. The highest BCUT2D eigenvalue weighted by molar-refractivity contribution is 7.48. The number of ether oxygens (including phenoxy) is 2. The average Bonchev–Trinajstić information content (AvgIpc) is 3.04. The molecule has 0 saturated carbocycles. The van der Waals surface area contributed by atoms with Gasteiger partial charge in [0.25, 0.3) is 0 Å². The molecule has 0 amide bonds. The SMILES string of the molecule is COc1ccc(C(=O)CCc2ccc(OP(=O)(O)Oc3ccc(CCC(=O)c4ccc(OC)cc4)c(C)c3C)c(C)c2C)cc1. The minimum absolute atomic E-state index is 0.0174. The zero-order valence-electron chi connectivity index (χ0n) is 26.5. The van der Waals surface area contributed by atoms with E-state index < -0.39 is 7.82 Å². The Hall–Kier alpha value is -4.39. The van der Waals surface area contributed by atoms with Crippen LogP contribution in [-0.2, 0) is 17.4 Å². The van der Waals surface area contributed by atoms with E-state index in [9.17, 15) is 19.0 Å². The van der Waals surface area contributed by atoms with E-state index in [4.69, 9.17) is 18.5 Å². The van der Waals surface area contributed by atoms with Gasteiger partial charge in [-0.1, -0.05) is 12.1 Å².